The molecule has 2 fully saturated rings. The van der Waals surface area contributed by atoms with Crippen LogP contribution in [0.1, 0.15) is 56.5 Å². The van der Waals surface area contributed by atoms with E-state index in [9.17, 15) is 4.79 Å². The van der Waals surface area contributed by atoms with E-state index in [4.69, 9.17) is 4.74 Å². The Kier molecular flexibility index (Phi) is 6.62. The highest BCUT2D eigenvalue weighted by atomic mass is 16.5. The van der Waals surface area contributed by atoms with Crippen molar-refractivity contribution < 1.29 is 9.53 Å². The minimum absolute atomic E-state index is 0.0725. The summed E-state index contributed by atoms with van der Waals surface area (Å²) in [5, 5.41) is 12.2. The summed E-state index contributed by atoms with van der Waals surface area (Å²) in [5.74, 6) is 2.45. The minimum Gasteiger partial charge on any atom is -0.497 e. The monoisotopic (exact) mass is 412 g/mol. The summed E-state index contributed by atoms with van der Waals surface area (Å²) in [5.41, 5.74) is 1.13. The molecule has 30 heavy (non-hydrogen) atoms. The zero-order valence-corrected chi connectivity index (χ0v) is 18.0. The van der Waals surface area contributed by atoms with Gasteiger partial charge in [-0.1, -0.05) is 19.1 Å². The molecule has 0 N–H and O–H groups in total. The number of aromatic nitrogens is 4. The number of carbonyl (C=O) groups excluding carboxylic acids is 1. The maximum absolute atomic E-state index is 13.3. The van der Waals surface area contributed by atoms with Crippen LogP contribution in [0.5, 0.6) is 5.75 Å². The van der Waals surface area contributed by atoms with Gasteiger partial charge in [0.25, 0.3) is 0 Å². The van der Waals surface area contributed by atoms with Gasteiger partial charge in [0.05, 0.1) is 19.7 Å². The van der Waals surface area contributed by atoms with Gasteiger partial charge in [0.2, 0.25) is 5.91 Å². The molecule has 2 aromatic rings. The lowest BCUT2D eigenvalue weighted by Gasteiger charge is -2.36. The van der Waals surface area contributed by atoms with Crippen LogP contribution in [0.4, 0.5) is 0 Å². The molecule has 0 radical (unpaired) electrons. The van der Waals surface area contributed by atoms with Crippen molar-refractivity contribution in [2.75, 3.05) is 26.7 Å². The van der Waals surface area contributed by atoms with E-state index in [1.165, 1.54) is 12.8 Å². The lowest BCUT2D eigenvalue weighted by atomic mass is 9.95. The van der Waals surface area contributed by atoms with Crippen LogP contribution >= 0.6 is 0 Å². The van der Waals surface area contributed by atoms with Crippen molar-refractivity contribution in [2.24, 2.45) is 5.92 Å². The van der Waals surface area contributed by atoms with Gasteiger partial charge < -0.3 is 9.64 Å². The fourth-order valence-electron chi connectivity index (χ4n) is 4.52. The summed E-state index contributed by atoms with van der Waals surface area (Å²) < 4.78 is 7.06. The first-order valence-electron chi connectivity index (χ1n) is 11.0. The van der Waals surface area contributed by atoms with Crippen LogP contribution < -0.4 is 4.74 Å². The molecule has 0 aliphatic carbocycles. The summed E-state index contributed by atoms with van der Waals surface area (Å²) in [7, 11) is 1.67. The predicted octanol–water partition coefficient (Wildman–Crippen LogP) is 2.67. The lowest BCUT2D eigenvalue weighted by molar-refractivity contribution is -0.136. The molecule has 1 aromatic heterocycles. The first-order valence-corrected chi connectivity index (χ1v) is 11.0. The van der Waals surface area contributed by atoms with Gasteiger partial charge in [0, 0.05) is 6.54 Å². The Balaban J connectivity index is 1.44. The Morgan fingerprint density at radius 3 is 2.80 bits per heavy atom. The Labute approximate surface area is 178 Å². The molecular formula is C22H32N6O2. The number of hydrogen-bond acceptors (Lipinski definition) is 6. The fraction of sp³-hybridized carbons (Fsp3) is 0.636. The van der Waals surface area contributed by atoms with Gasteiger partial charge in [-0.05, 0) is 79.2 Å². The number of likely N-dealkylation sites (tertiary alicyclic amines) is 2. The summed E-state index contributed by atoms with van der Waals surface area (Å²) in [4.78, 5) is 17.6. The van der Waals surface area contributed by atoms with Crippen molar-refractivity contribution >= 4 is 5.91 Å². The predicted molar refractivity (Wildman–Crippen MR) is 113 cm³/mol. The number of hydrogen-bond donors (Lipinski definition) is 0. The number of amides is 1. The second-order valence-corrected chi connectivity index (χ2v) is 8.59. The number of ether oxygens (including phenoxy) is 1. The second-order valence-electron chi connectivity index (χ2n) is 8.59. The van der Waals surface area contributed by atoms with Crippen LogP contribution in [0.2, 0.25) is 0 Å². The Morgan fingerprint density at radius 2 is 2.00 bits per heavy atom. The van der Waals surface area contributed by atoms with E-state index in [1.54, 1.807) is 11.8 Å². The van der Waals surface area contributed by atoms with Crippen LogP contribution in [-0.2, 0) is 17.9 Å². The topological polar surface area (TPSA) is 76.4 Å². The van der Waals surface area contributed by atoms with Crippen molar-refractivity contribution in [1.82, 2.24) is 30.0 Å². The molecule has 4 rings (SSSR count). The number of carbonyl (C=O) groups is 1. The standard InChI is InChI=1S/C22H32N6O2/c1-17-9-12-26(13-10-17)15-21-23-24-25-28(21)16-22(29)27-11-4-3-8-20(27)18-6-5-7-19(14-18)30-2/h5-7,14,17,20H,3-4,8-13,15-16H2,1-2H3. The van der Waals surface area contributed by atoms with Crippen LogP contribution in [0.15, 0.2) is 24.3 Å². The average molecular weight is 413 g/mol. The van der Waals surface area contributed by atoms with Gasteiger partial charge in [0.15, 0.2) is 5.82 Å². The molecule has 2 aliphatic heterocycles. The maximum atomic E-state index is 13.3. The van der Waals surface area contributed by atoms with E-state index in [1.807, 2.05) is 23.1 Å². The van der Waals surface area contributed by atoms with E-state index < -0.39 is 0 Å². The number of tetrazole rings is 1. The third-order valence-electron chi connectivity index (χ3n) is 6.43. The van der Waals surface area contributed by atoms with E-state index >= 15 is 0 Å². The van der Waals surface area contributed by atoms with Gasteiger partial charge in [-0.3, -0.25) is 9.69 Å². The molecule has 1 aromatic carbocycles. The molecule has 2 saturated heterocycles. The summed E-state index contributed by atoms with van der Waals surface area (Å²) in [6, 6.07) is 8.12. The van der Waals surface area contributed by atoms with Crippen LogP contribution in [0.3, 0.4) is 0 Å². The summed E-state index contributed by atoms with van der Waals surface area (Å²) in [6.07, 6.45) is 5.52. The zero-order chi connectivity index (χ0) is 20.9. The fourth-order valence-corrected chi connectivity index (χ4v) is 4.52. The molecule has 1 unspecified atom stereocenters. The van der Waals surface area contributed by atoms with Crippen molar-refractivity contribution in [1.29, 1.82) is 0 Å². The Hall–Kier alpha value is -2.48. The number of methoxy groups -OCH3 is 1. The van der Waals surface area contributed by atoms with Crippen LogP contribution in [0, 0.1) is 5.92 Å². The molecule has 0 spiro atoms. The highest BCUT2D eigenvalue weighted by Crippen LogP contribution is 2.32. The van der Waals surface area contributed by atoms with E-state index in [2.05, 4.69) is 33.4 Å². The number of nitrogens with zero attached hydrogens (tertiary/aromatic N) is 6. The summed E-state index contributed by atoms with van der Waals surface area (Å²) >= 11 is 0. The van der Waals surface area contributed by atoms with Crippen molar-refractivity contribution in [3.8, 4) is 5.75 Å². The van der Waals surface area contributed by atoms with E-state index in [0.29, 0.717) is 6.54 Å². The molecule has 2 aliphatic rings. The number of benzene rings is 1. The first kappa shape index (κ1) is 20.8. The molecule has 1 atom stereocenters. The smallest absolute Gasteiger partial charge is 0.244 e. The van der Waals surface area contributed by atoms with Gasteiger partial charge in [-0.15, -0.1) is 5.10 Å². The minimum atomic E-state index is 0.0725. The first-order chi connectivity index (χ1) is 14.6. The highest BCUT2D eigenvalue weighted by molar-refractivity contribution is 5.76. The molecule has 0 bridgehead atoms. The second kappa shape index (κ2) is 9.55. The maximum Gasteiger partial charge on any atom is 0.244 e. The molecule has 3 heterocycles. The van der Waals surface area contributed by atoms with Gasteiger partial charge in [-0.2, -0.15) is 0 Å². The third kappa shape index (κ3) is 4.80. The van der Waals surface area contributed by atoms with Gasteiger partial charge in [-0.25, -0.2) is 4.68 Å². The highest BCUT2D eigenvalue weighted by Gasteiger charge is 2.29. The zero-order valence-electron chi connectivity index (χ0n) is 18.0. The van der Waals surface area contributed by atoms with Crippen molar-refractivity contribution in [3.63, 3.8) is 0 Å². The SMILES string of the molecule is COc1cccc(C2CCCCN2C(=O)Cn2nnnc2CN2CCC(C)CC2)c1. The molecule has 162 valence electrons. The number of rotatable bonds is 6. The average Bonchev–Trinajstić information content (AvgIpc) is 3.21. The molecule has 8 heteroatoms. The van der Waals surface area contributed by atoms with Gasteiger partial charge >= 0.3 is 0 Å². The Morgan fingerprint density at radius 1 is 1.17 bits per heavy atom. The lowest BCUT2D eigenvalue weighted by Crippen LogP contribution is -2.41. The van der Waals surface area contributed by atoms with Gasteiger partial charge in [0.1, 0.15) is 12.3 Å². The van der Waals surface area contributed by atoms with Crippen molar-refractivity contribution in [3.05, 3.63) is 35.7 Å². The molecule has 1 amide bonds. The Bertz CT molecular complexity index is 846. The largest absolute Gasteiger partial charge is 0.497 e. The number of piperidine rings is 2. The van der Waals surface area contributed by atoms with Crippen LogP contribution in [0.25, 0.3) is 0 Å². The normalized spacial score (nSPS) is 21.0. The molecule has 8 nitrogen and oxygen atoms in total. The summed E-state index contributed by atoms with van der Waals surface area (Å²) in [6.45, 7) is 6.08. The quantitative estimate of drug-likeness (QED) is 0.726. The van der Waals surface area contributed by atoms with E-state index in [-0.39, 0.29) is 18.5 Å². The van der Waals surface area contributed by atoms with Crippen molar-refractivity contribution in [2.45, 2.75) is 58.2 Å². The van der Waals surface area contributed by atoms with E-state index in [0.717, 1.165) is 62.0 Å². The third-order valence-corrected chi connectivity index (χ3v) is 6.43. The van der Waals surface area contributed by atoms with Crippen LogP contribution in [-0.4, -0.2) is 62.7 Å². The molecule has 0 saturated carbocycles. The molecular weight excluding hydrogens is 380 g/mol.